The lowest BCUT2D eigenvalue weighted by atomic mass is 10.1. The summed E-state index contributed by atoms with van der Waals surface area (Å²) in [6.45, 7) is 9.62. The smallest absolute Gasteiger partial charge is 0.304 e. The van der Waals surface area contributed by atoms with Crippen LogP contribution in [0.1, 0.15) is 41.9 Å². The number of aryl methyl sites for hydroxylation is 2. The topological polar surface area (TPSA) is 53.4 Å². The highest BCUT2D eigenvalue weighted by Gasteiger charge is 2.19. The average Bonchev–Trinajstić information content (AvgIpc) is 2.58. The molecule has 5 heteroatoms. The number of hydrogen-bond donors (Lipinski definition) is 1. The standard InChI is InChI=1S/C12H20N2O2S/c1-5-14(7-6-11(15)16)8(2)12-9(3)17-10(4)13-12/h8H,5-7H2,1-4H3,(H,15,16). The molecule has 0 amide bonds. The molecule has 0 saturated heterocycles. The number of carboxylic acid groups (broad SMARTS) is 1. The Morgan fingerprint density at radius 1 is 1.53 bits per heavy atom. The van der Waals surface area contributed by atoms with Crippen molar-refractivity contribution in [2.24, 2.45) is 0 Å². The van der Waals surface area contributed by atoms with Crippen LogP contribution >= 0.6 is 11.3 Å². The number of nitrogens with zero attached hydrogens (tertiary/aromatic N) is 2. The van der Waals surface area contributed by atoms with E-state index in [0.717, 1.165) is 17.2 Å². The lowest BCUT2D eigenvalue weighted by Gasteiger charge is -2.26. The first-order valence-electron chi connectivity index (χ1n) is 5.85. The van der Waals surface area contributed by atoms with E-state index in [1.807, 2.05) is 13.8 Å². The zero-order chi connectivity index (χ0) is 13.0. The first-order chi connectivity index (χ1) is 7.95. The van der Waals surface area contributed by atoms with Crippen molar-refractivity contribution in [1.29, 1.82) is 0 Å². The van der Waals surface area contributed by atoms with Crippen LogP contribution in [0, 0.1) is 13.8 Å². The summed E-state index contributed by atoms with van der Waals surface area (Å²) in [5, 5.41) is 9.80. The van der Waals surface area contributed by atoms with E-state index in [1.54, 1.807) is 11.3 Å². The van der Waals surface area contributed by atoms with E-state index in [9.17, 15) is 4.79 Å². The van der Waals surface area contributed by atoms with E-state index < -0.39 is 5.97 Å². The maximum atomic E-state index is 10.6. The maximum Gasteiger partial charge on any atom is 0.304 e. The van der Waals surface area contributed by atoms with E-state index in [1.165, 1.54) is 4.88 Å². The van der Waals surface area contributed by atoms with Crippen molar-refractivity contribution >= 4 is 17.3 Å². The molecule has 1 aromatic rings. The monoisotopic (exact) mass is 256 g/mol. The fourth-order valence-corrected chi connectivity index (χ4v) is 2.88. The van der Waals surface area contributed by atoms with E-state index in [-0.39, 0.29) is 12.5 Å². The van der Waals surface area contributed by atoms with Gasteiger partial charge in [-0.1, -0.05) is 6.92 Å². The largest absolute Gasteiger partial charge is 0.481 e. The molecule has 0 aliphatic rings. The fraction of sp³-hybridized carbons (Fsp3) is 0.667. The highest BCUT2D eigenvalue weighted by Crippen LogP contribution is 2.26. The summed E-state index contributed by atoms with van der Waals surface area (Å²) < 4.78 is 0. The maximum absolute atomic E-state index is 10.6. The third-order valence-corrected chi connectivity index (χ3v) is 3.80. The molecular weight excluding hydrogens is 236 g/mol. The van der Waals surface area contributed by atoms with Gasteiger partial charge in [-0.3, -0.25) is 9.69 Å². The molecule has 0 radical (unpaired) electrons. The predicted octanol–water partition coefficient (Wildman–Crippen LogP) is 2.62. The number of thiazole rings is 1. The van der Waals surface area contributed by atoms with Crippen molar-refractivity contribution in [2.75, 3.05) is 13.1 Å². The highest BCUT2D eigenvalue weighted by molar-refractivity contribution is 7.11. The van der Waals surface area contributed by atoms with Gasteiger partial charge in [0.25, 0.3) is 0 Å². The van der Waals surface area contributed by atoms with Crippen LogP contribution in [0.3, 0.4) is 0 Å². The van der Waals surface area contributed by atoms with Gasteiger partial charge in [0.15, 0.2) is 0 Å². The van der Waals surface area contributed by atoms with E-state index in [2.05, 4.69) is 23.7 Å². The summed E-state index contributed by atoms with van der Waals surface area (Å²) in [6, 6.07) is 0.185. The van der Waals surface area contributed by atoms with Crippen LogP contribution in [0.2, 0.25) is 0 Å². The third kappa shape index (κ3) is 3.78. The molecular formula is C12H20N2O2S. The fourth-order valence-electron chi connectivity index (χ4n) is 1.97. The van der Waals surface area contributed by atoms with Gasteiger partial charge in [0.1, 0.15) is 0 Å². The molecule has 0 saturated carbocycles. The van der Waals surface area contributed by atoms with Gasteiger partial charge in [-0.05, 0) is 27.3 Å². The van der Waals surface area contributed by atoms with Gasteiger partial charge in [0.05, 0.1) is 23.2 Å². The second-order valence-corrected chi connectivity index (χ2v) is 5.53. The average molecular weight is 256 g/mol. The Morgan fingerprint density at radius 3 is 2.59 bits per heavy atom. The Balaban J connectivity index is 2.74. The van der Waals surface area contributed by atoms with Crippen LogP contribution in [0.15, 0.2) is 0 Å². The van der Waals surface area contributed by atoms with Gasteiger partial charge < -0.3 is 5.11 Å². The van der Waals surface area contributed by atoms with Crippen LogP contribution < -0.4 is 0 Å². The van der Waals surface area contributed by atoms with Crippen LogP contribution in [-0.4, -0.2) is 34.0 Å². The molecule has 0 aliphatic heterocycles. The van der Waals surface area contributed by atoms with Crippen LogP contribution in [0.4, 0.5) is 0 Å². The van der Waals surface area contributed by atoms with Crippen molar-refractivity contribution in [2.45, 2.75) is 40.2 Å². The summed E-state index contributed by atoms with van der Waals surface area (Å²) in [4.78, 5) is 18.5. The Bertz CT molecular complexity index is 390. The number of hydrogen-bond acceptors (Lipinski definition) is 4. The van der Waals surface area contributed by atoms with Crippen molar-refractivity contribution < 1.29 is 9.90 Å². The zero-order valence-corrected chi connectivity index (χ0v) is 11.7. The molecule has 96 valence electrons. The Labute approximate surface area is 106 Å². The number of aromatic nitrogens is 1. The van der Waals surface area contributed by atoms with Gasteiger partial charge in [-0.25, -0.2) is 4.98 Å². The Hall–Kier alpha value is -0.940. The zero-order valence-electron chi connectivity index (χ0n) is 10.9. The number of carbonyl (C=O) groups is 1. The molecule has 1 aromatic heterocycles. The predicted molar refractivity (Wildman–Crippen MR) is 69.5 cm³/mol. The van der Waals surface area contributed by atoms with Crippen molar-refractivity contribution in [1.82, 2.24) is 9.88 Å². The summed E-state index contributed by atoms with van der Waals surface area (Å²) >= 11 is 1.70. The van der Waals surface area contributed by atoms with E-state index in [4.69, 9.17) is 5.11 Å². The minimum absolute atomic E-state index is 0.181. The molecule has 1 atom stereocenters. The summed E-state index contributed by atoms with van der Waals surface area (Å²) in [6.07, 6.45) is 0.181. The first kappa shape index (κ1) is 14.1. The van der Waals surface area contributed by atoms with Crippen molar-refractivity contribution in [3.05, 3.63) is 15.6 Å². The van der Waals surface area contributed by atoms with Gasteiger partial charge in [-0.2, -0.15) is 0 Å². The lowest BCUT2D eigenvalue weighted by Crippen LogP contribution is -2.29. The Kier molecular flexibility index (Phi) is 5.08. The molecule has 4 nitrogen and oxygen atoms in total. The van der Waals surface area contributed by atoms with Crippen molar-refractivity contribution in [3.8, 4) is 0 Å². The van der Waals surface area contributed by atoms with Crippen LogP contribution in [0.5, 0.6) is 0 Å². The summed E-state index contributed by atoms with van der Waals surface area (Å²) in [7, 11) is 0. The molecule has 1 heterocycles. The van der Waals surface area contributed by atoms with E-state index in [0.29, 0.717) is 6.54 Å². The highest BCUT2D eigenvalue weighted by atomic mass is 32.1. The second-order valence-electron chi connectivity index (χ2n) is 4.12. The molecule has 0 aliphatic carbocycles. The third-order valence-electron chi connectivity index (χ3n) is 2.90. The molecule has 0 spiro atoms. The molecule has 0 fully saturated rings. The first-order valence-corrected chi connectivity index (χ1v) is 6.67. The molecule has 1 rings (SSSR count). The Morgan fingerprint density at radius 2 is 2.18 bits per heavy atom. The number of aliphatic carboxylic acids is 1. The minimum Gasteiger partial charge on any atom is -0.481 e. The van der Waals surface area contributed by atoms with Crippen molar-refractivity contribution in [3.63, 3.8) is 0 Å². The number of rotatable bonds is 6. The molecule has 0 bridgehead atoms. The number of carboxylic acids is 1. The summed E-state index contributed by atoms with van der Waals surface area (Å²) in [5.41, 5.74) is 1.08. The molecule has 1 unspecified atom stereocenters. The lowest BCUT2D eigenvalue weighted by molar-refractivity contribution is -0.137. The van der Waals surface area contributed by atoms with Gasteiger partial charge in [-0.15, -0.1) is 11.3 Å². The minimum atomic E-state index is -0.748. The van der Waals surface area contributed by atoms with Gasteiger partial charge >= 0.3 is 5.97 Å². The molecule has 0 aromatic carbocycles. The summed E-state index contributed by atoms with van der Waals surface area (Å²) in [5.74, 6) is -0.748. The second kappa shape index (κ2) is 6.12. The SMILES string of the molecule is CCN(CCC(=O)O)C(C)c1nc(C)sc1C. The van der Waals surface area contributed by atoms with Crippen LogP contribution in [-0.2, 0) is 4.79 Å². The molecule has 1 N–H and O–H groups in total. The normalized spacial score (nSPS) is 13.0. The quantitative estimate of drug-likeness (QED) is 0.850. The van der Waals surface area contributed by atoms with Crippen LogP contribution in [0.25, 0.3) is 0 Å². The molecule has 17 heavy (non-hydrogen) atoms. The van der Waals surface area contributed by atoms with E-state index >= 15 is 0 Å². The van der Waals surface area contributed by atoms with Gasteiger partial charge in [0, 0.05) is 11.4 Å². The van der Waals surface area contributed by atoms with Gasteiger partial charge in [0.2, 0.25) is 0 Å².